The van der Waals surface area contributed by atoms with Gasteiger partial charge in [-0.2, -0.15) is 4.31 Å². The Morgan fingerprint density at radius 2 is 1.89 bits per heavy atom. The number of piperidine rings is 1. The van der Waals surface area contributed by atoms with Crippen LogP contribution in [-0.2, 0) is 10.0 Å². The Morgan fingerprint density at radius 1 is 1.19 bits per heavy atom. The van der Waals surface area contributed by atoms with Crippen molar-refractivity contribution in [2.45, 2.75) is 31.1 Å². The lowest BCUT2D eigenvalue weighted by atomic mass is 10.2. The summed E-state index contributed by atoms with van der Waals surface area (Å²) in [5.74, 6) is -0.515. The minimum Gasteiger partial charge on any atom is -0.321 e. The lowest BCUT2D eigenvalue weighted by molar-refractivity contribution is -0.380. The number of anilines is 1. The van der Waals surface area contributed by atoms with E-state index in [0.717, 1.165) is 30.6 Å². The van der Waals surface area contributed by atoms with Crippen molar-refractivity contribution in [2.75, 3.05) is 18.4 Å². The SMILES string of the molecule is Cc1ccc(NC(=O)c2ccc([N+](=O)[O-])s2)cc1S(=O)(=O)N1CCCCC1. The molecule has 1 aromatic carbocycles. The summed E-state index contributed by atoms with van der Waals surface area (Å²) in [5.41, 5.74) is 0.933. The number of sulfonamides is 1. The highest BCUT2D eigenvalue weighted by Crippen LogP contribution is 2.28. The Kier molecular flexibility index (Phi) is 5.59. The first-order valence-corrected chi connectivity index (χ1v) is 10.7. The van der Waals surface area contributed by atoms with Crippen LogP contribution in [-0.4, -0.2) is 36.6 Å². The summed E-state index contributed by atoms with van der Waals surface area (Å²) in [6.45, 7) is 2.71. The number of rotatable bonds is 5. The van der Waals surface area contributed by atoms with E-state index in [2.05, 4.69) is 5.32 Å². The zero-order valence-corrected chi connectivity index (χ0v) is 16.3. The summed E-state index contributed by atoms with van der Waals surface area (Å²) in [5, 5.41) is 13.2. The van der Waals surface area contributed by atoms with Crippen LogP contribution < -0.4 is 5.32 Å². The molecule has 2 heterocycles. The third kappa shape index (κ3) is 4.18. The predicted molar refractivity (Wildman–Crippen MR) is 103 cm³/mol. The fourth-order valence-corrected chi connectivity index (χ4v) is 5.42. The van der Waals surface area contributed by atoms with Crippen molar-refractivity contribution in [1.82, 2.24) is 4.31 Å². The molecule has 0 aliphatic carbocycles. The van der Waals surface area contributed by atoms with E-state index in [1.54, 1.807) is 19.1 Å². The van der Waals surface area contributed by atoms with Crippen LogP contribution in [0.15, 0.2) is 35.2 Å². The topological polar surface area (TPSA) is 110 Å². The van der Waals surface area contributed by atoms with Crippen LogP contribution in [0.4, 0.5) is 10.7 Å². The molecule has 0 saturated carbocycles. The Morgan fingerprint density at radius 3 is 2.52 bits per heavy atom. The third-order valence-corrected chi connectivity index (χ3v) is 7.45. The van der Waals surface area contributed by atoms with Crippen molar-refractivity contribution in [3.63, 3.8) is 0 Å². The molecule has 1 aliphatic rings. The van der Waals surface area contributed by atoms with Crippen molar-refractivity contribution in [1.29, 1.82) is 0 Å². The molecule has 0 unspecified atom stereocenters. The van der Waals surface area contributed by atoms with E-state index in [1.807, 2.05) is 0 Å². The number of benzene rings is 1. The minimum atomic E-state index is -3.63. The fourth-order valence-electron chi connectivity index (χ4n) is 2.94. The van der Waals surface area contributed by atoms with Gasteiger partial charge in [0.15, 0.2) is 0 Å². The van der Waals surface area contributed by atoms with E-state index in [0.29, 0.717) is 24.3 Å². The van der Waals surface area contributed by atoms with Crippen LogP contribution in [0.3, 0.4) is 0 Å². The number of hydrogen-bond donors (Lipinski definition) is 1. The maximum atomic E-state index is 12.9. The van der Waals surface area contributed by atoms with Crippen LogP contribution in [0.5, 0.6) is 0 Å². The number of thiophene rings is 1. The molecule has 3 rings (SSSR count). The van der Waals surface area contributed by atoms with Gasteiger partial charge in [0.2, 0.25) is 10.0 Å². The van der Waals surface area contributed by atoms with Crippen LogP contribution in [0.1, 0.15) is 34.5 Å². The second kappa shape index (κ2) is 7.75. The second-order valence-corrected chi connectivity index (χ2v) is 9.26. The number of nitrogens with one attached hydrogen (secondary N) is 1. The number of carbonyl (C=O) groups excluding carboxylic acids is 1. The lowest BCUT2D eigenvalue weighted by Crippen LogP contribution is -2.36. The number of amides is 1. The van der Waals surface area contributed by atoms with Gasteiger partial charge in [0.25, 0.3) is 5.91 Å². The standard InChI is InChI=1S/C17H19N3O5S2/c1-12-5-6-13(18-17(21)14-7-8-16(26-14)20(22)23)11-15(12)27(24,25)19-9-3-2-4-10-19/h5-8,11H,2-4,9-10H2,1H3,(H,18,21). The maximum Gasteiger partial charge on any atom is 0.324 e. The Hall–Kier alpha value is -2.30. The van der Waals surface area contributed by atoms with E-state index in [9.17, 15) is 23.3 Å². The molecule has 144 valence electrons. The highest BCUT2D eigenvalue weighted by Gasteiger charge is 2.27. The van der Waals surface area contributed by atoms with Gasteiger partial charge in [-0.15, -0.1) is 0 Å². The first kappa shape index (κ1) is 19.5. The van der Waals surface area contributed by atoms with Gasteiger partial charge in [-0.1, -0.05) is 23.8 Å². The first-order valence-electron chi connectivity index (χ1n) is 8.45. The van der Waals surface area contributed by atoms with Crippen molar-refractivity contribution >= 4 is 38.0 Å². The Labute approximate surface area is 161 Å². The summed E-state index contributed by atoms with van der Waals surface area (Å²) >= 11 is 0.766. The highest BCUT2D eigenvalue weighted by atomic mass is 32.2. The van der Waals surface area contributed by atoms with Gasteiger partial charge < -0.3 is 5.32 Å². The molecule has 1 fully saturated rings. The van der Waals surface area contributed by atoms with Gasteiger partial charge in [-0.3, -0.25) is 14.9 Å². The number of aryl methyl sites for hydroxylation is 1. The molecule has 27 heavy (non-hydrogen) atoms. The van der Waals surface area contributed by atoms with Crippen LogP contribution in [0.25, 0.3) is 0 Å². The van der Waals surface area contributed by atoms with Crippen LogP contribution in [0.2, 0.25) is 0 Å². The van der Waals surface area contributed by atoms with Crippen molar-refractivity contribution in [3.8, 4) is 0 Å². The van der Waals surface area contributed by atoms with Crippen molar-refractivity contribution in [3.05, 3.63) is 50.9 Å². The molecule has 0 radical (unpaired) electrons. The molecular weight excluding hydrogens is 390 g/mol. The molecule has 2 aromatic rings. The average Bonchev–Trinajstić information content (AvgIpc) is 3.14. The summed E-state index contributed by atoms with van der Waals surface area (Å²) in [7, 11) is -3.63. The summed E-state index contributed by atoms with van der Waals surface area (Å²) in [4.78, 5) is 22.9. The van der Waals surface area contributed by atoms with E-state index >= 15 is 0 Å². The molecule has 1 aromatic heterocycles. The Balaban J connectivity index is 1.84. The third-order valence-electron chi connectivity index (χ3n) is 4.37. The smallest absolute Gasteiger partial charge is 0.321 e. The number of nitrogens with zero attached hydrogens (tertiary/aromatic N) is 2. The van der Waals surface area contributed by atoms with E-state index in [-0.39, 0.29) is 14.8 Å². The van der Waals surface area contributed by atoms with Gasteiger partial charge >= 0.3 is 5.00 Å². The summed E-state index contributed by atoms with van der Waals surface area (Å²) in [6.07, 6.45) is 2.70. The molecular formula is C17H19N3O5S2. The normalized spacial score (nSPS) is 15.4. The molecule has 0 bridgehead atoms. The van der Waals surface area contributed by atoms with E-state index < -0.39 is 20.9 Å². The van der Waals surface area contributed by atoms with Gasteiger partial charge in [-0.25, -0.2) is 8.42 Å². The van der Waals surface area contributed by atoms with Gasteiger partial charge in [0.05, 0.1) is 14.7 Å². The van der Waals surface area contributed by atoms with E-state index in [1.165, 1.54) is 22.5 Å². The first-order chi connectivity index (χ1) is 12.8. The second-order valence-electron chi connectivity index (χ2n) is 6.29. The lowest BCUT2D eigenvalue weighted by Gasteiger charge is -2.26. The maximum absolute atomic E-state index is 12.9. The molecule has 1 amide bonds. The number of carbonyl (C=O) groups is 1. The molecule has 1 N–H and O–H groups in total. The molecule has 1 saturated heterocycles. The number of nitro groups is 1. The molecule has 0 spiro atoms. The van der Waals surface area contributed by atoms with Crippen molar-refractivity contribution in [2.24, 2.45) is 0 Å². The zero-order chi connectivity index (χ0) is 19.6. The molecule has 10 heteroatoms. The largest absolute Gasteiger partial charge is 0.324 e. The molecule has 8 nitrogen and oxygen atoms in total. The zero-order valence-electron chi connectivity index (χ0n) is 14.7. The predicted octanol–water partition coefficient (Wildman–Crippen LogP) is 3.39. The fraction of sp³-hybridized carbons (Fsp3) is 0.353. The molecule has 0 atom stereocenters. The number of hydrogen-bond acceptors (Lipinski definition) is 6. The summed E-state index contributed by atoms with van der Waals surface area (Å²) < 4.78 is 27.3. The summed E-state index contributed by atoms with van der Waals surface area (Å²) in [6, 6.07) is 7.34. The van der Waals surface area contributed by atoms with Crippen molar-refractivity contribution < 1.29 is 18.1 Å². The molecule has 1 aliphatic heterocycles. The van der Waals surface area contributed by atoms with Gasteiger partial charge in [0, 0.05) is 24.8 Å². The average molecular weight is 409 g/mol. The minimum absolute atomic E-state index is 0.127. The van der Waals surface area contributed by atoms with E-state index in [4.69, 9.17) is 0 Å². The monoisotopic (exact) mass is 409 g/mol. The van der Waals surface area contributed by atoms with Crippen LogP contribution in [0, 0.1) is 17.0 Å². The quantitative estimate of drug-likeness (QED) is 0.601. The van der Waals surface area contributed by atoms with Crippen LogP contribution >= 0.6 is 11.3 Å². The van der Waals surface area contributed by atoms with Gasteiger partial charge in [-0.05, 0) is 43.5 Å². The highest BCUT2D eigenvalue weighted by molar-refractivity contribution is 7.89. The van der Waals surface area contributed by atoms with Gasteiger partial charge in [0.1, 0.15) is 0 Å². The Bertz CT molecular complexity index is 978.